The third-order valence-electron chi connectivity index (χ3n) is 5.38. The minimum atomic E-state index is -0.978. The zero-order chi connectivity index (χ0) is 22.9. The first kappa shape index (κ1) is 27.1. The number of carbonyl (C=O) groups is 2. The van der Waals surface area contributed by atoms with Crippen LogP contribution in [-0.4, -0.2) is 24.5 Å². The van der Waals surface area contributed by atoms with Gasteiger partial charge in [-0.15, -0.1) is 0 Å². The van der Waals surface area contributed by atoms with Crippen molar-refractivity contribution < 1.29 is 23.1 Å². The molecule has 0 aromatic heterocycles. The molecular formula is C25H39F2NO3. The Balaban J connectivity index is 2.03. The van der Waals surface area contributed by atoms with Crippen LogP contribution in [0.5, 0.6) is 0 Å². The molecule has 0 heterocycles. The summed E-state index contributed by atoms with van der Waals surface area (Å²) >= 11 is 0. The molecule has 1 atom stereocenters. The SMILES string of the molecule is CCCCCCCCCCCCCCCOC(=O)C(C)NC(=O)c1c(F)cccc1F. The first-order valence-electron chi connectivity index (χ1n) is 11.9. The fraction of sp³-hybridized carbons (Fsp3) is 0.680. The number of esters is 1. The average Bonchev–Trinajstić information content (AvgIpc) is 2.73. The van der Waals surface area contributed by atoms with E-state index in [1.807, 2.05) is 0 Å². The summed E-state index contributed by atoms with van der Waals surface area (Å²) in [4.78, 5) is 24.0. The fourth-order valence-electron chi connectivity index (χ4n) is 3.46. The summed E-state index contributed by atoms with van der Waals surface area (Å²) in [6, 6.07) is 2.19. The molecule has 1 aromatic rings. The molecule has 0 bridgehead atoms. The molecule has 0 aliphatic rings. The maximum absolute atomic E-state index is 13.6. The van der Waals surface area contributed by atoms with Gasteiger partial charge in [-0.2, -0.15) is 0 Å². The van der Waals surface area contributed by atoms with Gasteiger partial charge < -0.3 is 10.1 Å². The lowest BCUT2D eigenvalue weighted by atomic mass is 10.0. The van der Waals surface area contributed by atoms with Crippen LogP contribution in [0.25, 0.3) is 0 Å². The molecule has 0 saturated heterocycles. The number of rotatable bonds is 17. The third-order valence-corrected chi connectivity index (χ3v) is 5.38. The normalized spacial score (nSPS) is 11.9. The molecule has 0 saturated carbocycles. The summed E-state index contributed by atoms with van der Waals surface area (Å²) in [7, 11) is 0. The Morgan fingerprint density at radius 3 is 1.77 bits per heavy atom. The minimum absolute atomic E-state index is 0.283. The van der Waals surface area contributed by atoms with Gasteiger partial charge in [-0.25, -0.2) is 13.6 Å². The van der Waals surface area contributed by atoms with Crippen LogP contribution in [0.2, 0.25) is 0 Å². The van der Waals surface area contributed by atoms with Gasteiger partial charge in [-0.05, 0) is 25.5 Å². The van der Waals surface area contributed by atoms with E-state index in [2.05, 4.69) is 12.2 Å². The molecule has 1 rings (SSSR count). The van der Waals surface area contributed by atoms with Gasteiger partial charge in [0.25, 0.3) is 5.91 Å². The molecule has 0 spiro atoms. The number of amides is 1. The van der Waals surface area contributed by atoms with Gasteiger partial charge in [-0.1, -0.05) is 90.0 Å². The van der Waals surface area contributed by atoms with Crippen LogP contribution in [0.1, 0.15) is 108 Å². The monoisotopic (exact) mass is 439 g/mol. The Kier molecular flexibility index (Phi) is 14.6. The van der Waals surface area contributed by atoms with Crippen LogP contribution in [0.3, 0.4) is 0 Å². The van der Waals surface area contributed by atoms with Crippen LogP contribution >= 0.6 is 0 Å². The second-order valence-electron chi connectivity index (χ2n) is 8.20. The predicted molar refractivity (Wildman–Crippen MR) is 120 cm³/mol. The van der Waals surface area contributed by atoms with E-state index in [0.29, 0.717) is 0 Å². The van der Waals surface area contributed by atoms with E-state index >= 15 is 0 Å². The number of benzene rings is 1. The molecule has 1 unspecified atom stereocenters. The second kappa shape index (κ2) is 16.7. The second-order valence-corrected chi connectivity index (χ2v) is 8.20. The summed E-state index contributed by atoms with van der Waals surface area (Å²) in [6.45, 7) is 3.96. The highest BCUT2D eigenvalue weighted by atomic mass is 19.1. The Hall–Kier alpha value is -1.98. The number of hydrogen-bond acceptors (Lipinski definition) is 3. The van der Waals surface area contributed by atoms with E-state index in [-0.39, 0.29) is 6.61 Å². The van der Waals surface area contributed by atoms with Crippen molar-refractivity contribution in [3.05, 3.63) is 35.4 Å². The van der Waals surface area contributed by atoms with E-state index in [0.717, 1.165) is 31.4 Å². The number of halogens is 2. The van der Waals surface area contributed by atoms with Crippen LogP contribution in [0.15, 0.2) is 18.2 Å². The molecule has 4 nitrogen and oxygen atoms in total. The molecule has 176 valence electrons. The Morgan fingerprint density at radius 1 is 0.839 bits per heavy atom. The van der Waals surface area contributed by atoms with E-state index in [1.165, 1.54) is 77.2 Å². The van der Waals surface area contributed by atoms with Crippen molar-refractivity contribution in [2.24, 2.45) is 0 Å². The van der Waals surface area contributed by atoms with E-state index in [4.69, 9.17) is 4.74 Å². The Labute approximate surface area is 186 Å². The number of carbonyl (C=O) groups excluding carboxylic acids is 2. The quantitative estimate of drug-likeness (QED) is 0.217. The molecule has 0 fully saturated rings. The summed E-state index contributed by atoms with van der Waals surface area (Å²) in [5, 5.41) is 2.28. The van der Waals surface area contributed by atoms with Crippen molar-refractivity contribution in [1.82, 2.24) is 5.32 Å². The Bertz CT molecular complexity index is 631. The fourth-order valence-corrected chi connectivity index (χ4v) is 3.46. The van der Waals surface area contributed by atoms with Gasteiger partial charge in [0.2, 0.25) is 0 Å². The topological polar surface area (TPSA) is 55.4 Å². The maximum atomic E-state index is 13.6. The van der Waals surface area contributed by atoms with Crippen LogP contribution in [0, 0.1) is 11.6 Å². The highest BCUT2D eigenvalue weighted by Crippen LogP contribution is 2.13. The van der Waals surface area contributed by atoms with Gasteiger partial charge in [0.05, 0.1) is 6.61 Å². The van der Waals surface area contributed by atoms with Crippen LogP contribution in [-0.2, 0) is 9.53 Å². The lowest BCUT2D eigenvalue weighted by Gasteiger charge is -2.14. The van der Waals surface area contributed by atoms with Crippen LogP contribution < -0.4 is 5.32 Å². The van der Waals surface area contributed by atoms with Gasteiger partial charge in [0, 0.05) is 0 Å². The van der Waals surface area contributed by atoms with Crippen molar-refractivity contribution in [3.63, 3.8) is 0 Å². The molecule has 1 N–H and O–H groups in total. The van der Waals surface area contributed by atoms with Crippen molar-refractivity contribution in [2.75, 3.05) is 6.61 Å². The molecule has 6 heteroatoms. The molecule has 0 aliphatic carbocycles. The lowest BCUT2D eigenvalue weighted by molar-refractivity contribution is -0.145. The smallest absolute Gasteiger partial charge is 0.328 e. The van der Waals surface area contributed by atoms with Gasteiger partial charge in [0.1, 0.15) is 23.2 Å². The number of nitrogens with one attached hydrogen (secondary N) is 1. The molecule has 0 radical (unpaired) electrons. The largest absolute Gasteiger partial charge is 0.464 e. The molecule has 1 aromatic carbocycles. The number of ether oxygens (including phenoxy) is 1. The van der Waals surface area contributed by atoms with E-state index in [1.54, 1.807) is 0 Å². The summed E-state index contributed by atoms with van der Waals surface area (Å²) in [6.07, 6.45) is 16.1. The van der Waals surface area contributed by atoms with Crippen molar-refractivity contribution in [2.45, 2.75) is 103 Å². The first-order valence-corrected chi connectivity index (χ1v) is 11.9. The minimum Gasteiger partial charge on any atom is -0.464 e. The lowest BCUT2D eigenvalue weighted by Crippen LogP contribution is -2.40. The van der Waals surface area contributed by atoms with Crippen molar-refractivity contribution in [3.8, 4) is 0 Å². The Morgan fingerprint density at radius 2 is 1.29 bits per heavy atom. The first-order chi connectivity index (χ1) is 15.0. The summed E-state index contributed by atoms with van der Waals surface area (Å²) in [5.74, 6) is -3.51. The molecular weight excluding hydrogens is 400 g/mol. The highest BCUT2D eigenvalue weighted by molar-refractivity contribution is 5.97. The summed E-state index contributed by atoms with van der Waals surface area (Å²) < 4.78 is 32.4. The van der Waals surface area contributed by atoms with Gasteiger partial charge in [0.15, 0.2) is 0 Å². The molecule has 31 heavy (non-hydrogen) atoms. The van der Waals surface area contributed by atoms with Gasteiger partial charge in [-0.3, -0.25) is 4.79 Å². The van der Waals surface area contributed by atoms with E-state index in [9.17, 15) is 18.4 Å². The van der Waals surface area contributed by atoms with Crippen molar-refractivity contribution >= 4 is 11.9 Å². The highest BCUT2D eigenvalue weighted by Gasteiger charge is 2.22. The van der Waals surface area contributed by atoms with E-state index < -0.39 is 35.1 Å². The molecule has 0 aliphatic heterocycles. The zero-order valence-corrected chi connectivity index (χ0v) is 19.2. The maximum Gasteiger partial charge on any atom is 0.328 e. The predicted octanol–water partition coefficient (Wildman–Crippen LogP) is 6.72. The average molecular weight is 440 g/mol. The number of hydrogen-bond donors (Lipinski definition) is 1. The zero-order valence-electron chi connectivity index (χ0n) is 19.2. The summed E-state index contributed by atoms with van der Waals surface area (Å²) in [5.41, 5.74) is -0.696. The van der Waals surface area contributed by atoms with Gasteiger partial charge >= 0.3 is 5.97 Å². The van der Waals surface area contributed by atoms with Crippen LogP contribution in [0.4, 0.5) is 8.78 Å². The van der Waals surface area contributed by atoms with Crippen molar-refractivity contribution in [1.29, 1.82) is 0 Å². The standard InChI is InChI=1S/C25H39F2NO3/c1-3-4-5-6-7-8-9-10-11-12-13-14-15-19-31-25(30)20(2)28-24(29)23-21(26)17-16-18-22(23)27/h16-18,20H,3-15,19H2,1-2H3,(H,28,29). The number of unbranched alkanes of at least 4 members (excludes halogenated alkanes) is 12. The molecule has 1 amide bonds. The third kappa shape index (κ3) is 11.8.